The van der Waals surface area contributed by atoms with E-state index in [0.717, 1.165) is 11.6 Å². The summed E-state index contributed by atoms with van der Waals surface area (Å²) in [5.74, 6) is 0.824. The third-order valence-electron chi connectivity index (χ3n) is 4.21. The van der Waals surface area contributed by atoms with Crippen LogP contribution in [0.4, 0.5) is 5.69 Å². The fourth-order valence-electron chi connectivity index (χ4n) is 3.37. The SMILES string of the molecule is Nc1ccc2c(c1)CC(CN1CCCCC1)C2. The Hall–Kier alpha value is -1.02. The van der Waals surface area contributed by atoms with Crippen LogP contribution in [0.5, 0.6) is 0 Å². The van der Waals surface area contributed by atoms with Gasteiger partial charge >= 0.3 is 0 Å². The minimum Gasteiger partial charge on any atom is -0.399 e. The third-order valence-corrected chi connectivity index (χ3v) is 4.21. The molecule has 1 aromatic carbocycles. The maximum atomic E-state index is 5.85. The van der Waals surface area contributed by atoms with Gasteiger partial charge in [-0.15, -0.1) is 0 Å². The Morgan fingerprint density at radius 1 is 1.06 bits per heavy atom. The highest BCUT2D eigenvalue weighted by Crippen LogP contribution is 2.29. The van der Waals surface area contributed by atoms with E-state index in [0.29, 0.717) is 0 Å². The lowest BCUT2D eigenvalue weighted by molar-refractivity contribution is 0.198. The summed E-state index contributed by atoms with van der Waals surface area (Å²) in [4.78, 5) is 2.66. The van der Waals surface area contributed by atoms with E-state index in [1.54, 1.807) is 0 Å². The maximum absolute atomic E-state index is 5.85. The minimum atomic E-state index is 0.824. The van der Waals surface area contributed by atoms with Gasteiger partial charge in [0.2, 0.25) is 0 Å². The molecule has 0 bridgehead atoms. The van der Waals surface area contributed by atoms with Crippen LogP contribution in [0.2, 0.25) is 0 Å². The van der Waals surface area contributed by atoms with Gasteiger partial charge in [-0.05, 0) is 68.0 Å². The molecule has 2 nitrogen and oxygen atoms in total. The first-order chi connectivity index (χ1) is 8.31. The van der Waals surface area contributed by atoms with Gasteiger partial charge < -0.3 is 10.6 Å². The summed E-state index contributed by atoms with van der Waals surface area (Å²) < 4.78 is 0. The Kier molecular flexibility index (Phi) is 3.06. The highest BCUT2D eigenvalue weighted by Gasteiger charge is 2.24. The van der Waals surface area contributed by atoms with E-state index in [-0.39, 0.29) is 0 Å². The average Bonchev–Trinajstić information content (AvgIpc) is 2.71. The Balaban J connectivity index is 1.61. The quantitative estimate of drug-likeness (QED) is 0.791. The summed E-state index contributed by atoms with van der Waals surface area (Å²) in [7, 11) is 0. The molecule has 0 spiro atoms. The topological polar surface area (TPSA) is 29.3 Å². The molecule has 1 unspecified atom stereocenters. The molecule has 1 heterocycles. The number of hydrogen-bond donors (Lipinski definition) is 1. The summed E-state index contributed by atoms with van der Waals surface area (Å²) in [6.45, 7) is 3.92. The second kappa shape index (κ2) is 4.69. The lowest BCUT2D eigenvalue weighted by Crippen LogP contribution is -2.34. The number of hydrogen-bond acceptors (Lipinski definition) is 2. The second-order valence-electron chi connectivity index (χ2n) is 5.66. The molecular weight excluding hydrogens is 208 g/mol. The van der Waals surface area contributed by atoms with Crippen molar-refractivity contribution in [3.05, 3.63) is 29.3 Å². The first-order valence-electron chi connectivity index (χ1n) is 6.91. The number of anilines is 1. The van der Waals surface area contributed by atoms with E-state index < -0.39 is 0 Å². The van der Waals surface area contributed by atoms with Crippen molar-refractivity contribution in [1.29, 1.82) is 0 Å². The predicted molar refractivity (Wildman–Crippen MR) is 72.0 cm³/mol. The van der Waals surface area contributed by atoms with Gasteiger partial charge in [-0.2, -0.15) is 0 Å². The van der Waals surface area contributed by atoms with Crippen molar-refractivity contribution in [3.8, 4) is 0 Å². The molecule has 0 aromatic heterocycles. The van der Waals surface area contributed by atoms with E-state index in [9.17, 15) is 0 Å². The number of benzene rings is 1. The molecule has 1 aromatic rings. The normalized spacial score (nSPS) is 24.8. The molecule has 1 atom stereocenters. The fourth-order valence-corrected chi connectivity index (χ4v) is 3.37. The van der Waals surface area contributed by atoms with Crippen molar-refractivity contribution in [1.82, 2.24) is 4.90 Å². The van der Waals surface area contributed by atoms with Gasteiger partial charge in [0, 0.05) is 12.2 Å². The van der Waals surface area contributed by atoms with E-state index in [1.165, 1.54) is 62.9 Å². The van der Waals surface area contributed by atoms with Crippen molar-refractivity contribution in [2.24, 2.45) is 5.92 Å². The van der Waals surface area contributed by atoms with Gasteiger partial charge in [-0.3, -0.25) is 0 Å². The Morgan fingerprint density at radius 2 is 1.82 bits per heavy atom. The molecular formula is C15H22N2. The summed E-state index contributed by atoms with van der Waals surface area (Å²) in [6.07, 6.45) is 6.71. The molecule has 1 saturated heterocycles. The van der Waals surface area contributed by atoms with Crippen LogP contribution in [0.15, 0.2) is 18.2 Å². The summed E-state index contributed by atoms with van der Waals surface area (Å²) in [6, 6.07) is 6.44. The number of nitrogen functional groups attached to an aromatic ring is 1. The predicted octanol–water partition coefficient (Wildman–Crippen LogP) is 2.47. The molecule has 2 N–H and O–H groups in total. The van der Waals surface area contributed by atoms with E-state index in [1.807, 2.05) is 6.07 Å². The number of nitrogens with zero attached hydrogens (tertiary/aromatic N) is 1. The standard InChI is InChI=1S/C15H22N2/c16-15-5-4-13-8-12(9-14(13)10-15)11-17-6-2-1-3-7-17/h4-5,10,12H,1-3,6-9,11,16H2. The molecule has 1 aliphatic heterocycles. The largest absolute Gasteiger partial charge is 0.399 e. The summed E-state index contributed by atoms with van der Waals surface area (Å²) in [5, 5.41) is 0. The molecule has 2 heteroatoms. The number of rotatable bonds is 2. The first-order valence-corrected chi connectivity index (χ1v) is 6.91. The highest BCUT2D eigenvalue weighted by atomic mass is 15.1. The van der Waals surface area contributed by atoms with E-state index in [2.05, 4.69) is 17.0 Å². The zero-order valence-corrected chi connectivity index (χ0v) is 10.5. The molecule has 1 aliphatic carbocycles. The van der Waals surface area contributed by atoms with Gasteiger partial charge in [0.05, 0.1) is 0 Å². The van der Waals surface area contributed by atoms with Crippen LogP contribution >= 0.6 is 0 Å². The fraction of sp³-hybridized carbons (Fsp3) is 0.600. The molecule has 1 fully saturated rings. The van der Waals surface area contributed by atoms with Crippen LogP contribution in [0.1, 0.15) is 30.4 Å². The molecule has 0 saturated carbocycles. The number of piperidine rings is 1. The van der Waals surface area contributed by atoms with E-state index >= 15 is 0 Å². The van der Waals surface area contributed by atoms with Gasteiger partial charge in [-0.1, -0.05) is 12.5 Å². The van der Waals surface area contributed by atoms with Crippen molar-refractivity contribution >= 4 is 5.69 Å². The molecule has 2 aliphatic rings. The lowest BCUT2D eigenvalue weighted by atomic mass is 10.0. The van der Waals surface area contributed by atoms with Crippen molar-refractivity contribution in [2.75, 3.05) is 25.4 Å². The van der Waals surface area contributed by atoms with Crippen LogP contribution in [-0.2, 0) is 12.8 Å². The molecule has 92 valence electrons. The smallest absolute Gasteiger partial charge is 0.0316 e. The van der Waals surface area contributed by atoms with Crippen LogP contribution in [0.25, 0.3) is 0 Å². The zero-order chi connectivity index (χ0) is 11.7. The van der Waals surface area contributed by atoms with Gasteiger partial charge in [0.25, 0.3) is 0 Å². The van der Waals surface area contributed by atoms with Crippen LogP contribution in [0, 0.1) is 5.92 Å². The van der Waals surface area contributed by atoms with Crippen molar-refractivity contribution < 1.29 is 0 Å². The lowest BCUT2D eigenvalue weighted by Gasteiger charge is -2.28. The number of nitrogens with two attached hydrogens (primary N) is 1. The Labute approximate surface area is 104 Å². The Bertz CT molecular complexity index is 394. The molecule has 17 heavy (non-hydrogen) atoms. The van der Waals surface area contributed by atoms with Crippen LogP contribution < -0.4 is 5.73 Å². The second-order valence-corrected chi connectivity index (χ2v) is 5.66. The monoisotopic (exact) mass is 230 g/mol. The van der Waals surface area contributed by atoms with Crippen LogP contribution in [0.3, 0.4) is 0 Å². The first kappa shape index (κ1) is 11.1. The highest BCUT2D eigenvalue weighted by molar-refractivity contribution is 5.46. The van der Waals surface area contributed by atoms with Crippen molar-refractivity contribution in [3.63, 3.8) is 0 Å². The maximum Gasteiger partial charge on any atom is 0.0316 e. The van der Waals surface area contributed by atoms with Gasteiger partial charge in [0.15, 0.2) is 0 Å². The van der Waals surface area contributed by atoms with Crippen LogP contribution in [-0.4, -0.2) is 24.5 Å². The molecule has 0 amide bonds. The summed E-state index contributed by atoms with van der Waals surface area (Å²) >= 11 is 0. The minimum absolute atomic E-state index is 0.824. The molecule has 3 rings (SSSR count). The Morgan fingerprint density at radius 3 is 2.65 bits per heavy atom. The number of likely N-dealkylation sites (tertiary alicyclic amines) is 1. The average molecular weight is 230 g/mol. The van der Waals surface area contributed by atoms with Crippen molar-refractivity contribution in [2.45, 2.75) is 32.1 Å². The number of fused-ring (bicyclic) bond motifs is 1. The van der Waals surface area contributed by atoms with E-state index in [4.69, 9.17) is 5.73 Å². The molecule has 0 radical (unpaired) electrons. The van der Waals surface area contributed by atoms with Gasteiger partial charge in [0.1, 0.15) is 0 Å². The zero-order valence-electron chi connectivity index (χ0n) is 10.5. The van der Waals surface area contributed by atoms with Gasteiger partial charge in [-0.25, -0.2) is 0 Å². The summed E-state index contributed by atoms with van der Waals surface area (Å²) in [5.41, 5.74) is 9.79. The third kappa shape index (κ3) is 2.47.